The number of esters is 2. The maximum atomic E-state index is 13.9. The van der Waals surface area contributed by atoms with Gasteiger partial charge < -0.3 is 9.47 Å². The van der Waals surface area contributed by atoms with E-state index in [1.54, 1.807) is 60.7 Å². The fourth-order valence-corrected chi connectivity index (χ4v) is 2.32. The highest BCUT2D eigenvalue weighted by atomic mass is 19.1. The van der Waals surface area contributed by atoms with Gasteiger partial charge in [-0.25, -0.2) is 14.0 Å². The van der Waals surface area contributed by atoms with E-state index in [4.69, 9.17) is 14.3 Å². The van der Waals surface area contributed by atoms with Gasteiger partial charge in [-0.1, -0.05) is 36.4 Å². The molecule has 1 aliphatic heterocycles. The van der Waals surface area contributed by atoms with Crippen molar-refractivity contribution in [1.29, 1.82) is 0 Å². The highest BCUT2D eigenvalue weighted by Gasteiger charge is 2.42. The molecule has 3 atom stereocenters. The first-order chi connectivity index (χ1) is 12.1. The highest BCUT2D eigenvalue weighted by molar-refractivity contribution is 5.90. The normalized spacial score (nSPS) is 22.4. The van der Waals surface area contributed by atoms with Gasteiger partial charge in [-0.3, -0.25) is 4.84 Å². The monoisotopic (exact) mass is 345 g/mol. The Balaban J connectivity index is 1.59. The first-order valence-corrected chi connectivity index (χ1v) is 7.68. The van der Waals surface area contributed by atoms with E-state index in [1.807, 2.05) is 0 Å². The molecule has 0 unspecified atom stereocenters. The number of carbonyl (C=O) groups excluding carboxylic acids is 2. The molecule has 1 heterocycles. The van der Waals surface area contributed by atoms with Crippen molar-refractivity contribution in [1.82, 2.24) is 5.48 Å². The van der Waals surface area contributed by atoms with Gasteiger partial charge in [0.05, 0.1) is 11.1 Å². The molecule has 1 aliphatic rings. The van der Waals surface area contributed by atoms with Crippen LogP contribution in [0.5, 0.6) is 0 Å². The van der Waals surface area contributed by atoms with Gasteiger partial charge in [-0.05, 0) is 24.3 Å². The SMILES string of the molecule is O=C(OC[C@H]1ON[C@H](F)[C@H]1OC(=O)c1ccccc1)c1ccccc1. The third-order valence-electron chi connectivity index (χ3n) is 3.63. The summed E-state index contributed by atoms with van der Waals surface area (Å²) in [5, 5.41) is 0. The average Bonchev–Trinajstić information content (AvgIpc) is 3.01. The molecule has 1 fully saturated rings. The van der Waals surface area contributed by atoms with Crippen molar-refractivity contribution in [2.24, 2.45) is 0 Å². The predicted octanol–water partition coefficient (Wildman–Crippen LogP) is 2.27. The number of hydrogen-bond acceptors (Lipinski definition) is 6. The van der Waals surface area contributed by atoms with Crippen LogP contribution in [-0.4, -0.2) is 37.0 Å². The number of ether oxygens (including phenoxy) is 2. The molecule has 1 saturated heterocycles. The quantitative estimate of drug-likeness (QED) is 0.662. The Morgan fingerprint density at radius 3 is 2.12 bits per heavy atom. The summed E-state index contributed by atoms with van der Waals surface area (Å²) in [6, 6.07) is 16.6. The molecule has 1 N–H and O–H groups in total. The Bertz CT molecular complexity index is 725. The van der Waals surface area contributed by atoms with Crippen molar-refractivity contribution in [3.63, 3.8) is 0 Å². The van der Waals surface area contributed by atoms with E-state index in [0.717, 1.165) is 0 Å². The number of benzene rings is 2. The van der Waals surface area contributed by atoms with Crippen LogP contribution in [0.25, 0.3) is 0 Å². The van der Waals surface area contributed by atoms with Crippen molar-refractivity contribution in [3.05, 3.63) is 71.8 Å². The van der Waals surface area contributed by atoms with E-state index in [0.29, 0.717) is 11.1 Å². The molecule has 0 aromatic heterocycles. The Morgan fingerprint density at radius 1 is 0.960 bits per heavy atom. The van der Waals surface area contributed by atoms with Gasteiger partial charge in [0.15, 0.2) is 12.2 Å². The smallest absolute Gasteiger partial charge is 0.338 e. The van der Waals surface area contributed by atoms with E-state index >= 15 is 0 Å². The summed E-state index contributed by atoms with van der Waals surface area (Å²) in [6.07, 6.45) is -3.89. The number of carbonyl (C=O) groups is 2. The van der Waals surface area contributed by atoms with Crippen LogP contribution in [0.1, 0.15) is 20.7 Å². The van der Waals surface area contributed by atoms with Gasteiger partial charge in [0.2, 0.25) is 6.30 Å². The molecular weight excluding hydrogens is 329 g/mol. The van der Waals surface area contributed by atoms with Crippen LogP contribution in [0.2, 0.25) is 0 Å². The molecule has 0 amide bonds. The van der Waals surface area contributed by atoms with Crippen LogP contribution in [-0.2, 0) is 14.3 Å². The zero-order valence-electron chi connectivity index (χ0n) is 13.1. The lowest BCUT2D eigenvalue weighted by Crippen LogP contribution is -2.37. The molecule has 0 saturated carbocycles. The zero-order valence-corrected chi connectivity index (χ0v) is 13.1. The van der Waals surface area contributed by atoms with Crippen molar-refractivity contribution in [2.75, 3.05) is 6.61 Å². The number of rotatable bonds is 5. The molecular formula is C18H16FNO5. The molecule has 2 aromatic carbocycles. The summed E-state index contributed by atoms with van der Waals surface area (Å²) >= 11 is 0. The standard InChI is InChI=1S/C18H16FNO5/c19-16-15(24-18(22)13-9-5-2-6-10-13)14(25-20-16)11-23-17(21)12-7-3-1-4-8-12/h1-10,14-16,20H,11H2/t14-,15+,16+/m1/s1. The minimum absolute atomic E-state index is 0.256. The van der Waals surface area contributed by atoms with E-state index in [1.165, 1.54) is 0 Å². The Hall–Kier alpha value is -2.77. The van der Waals surface area contributed by atoms with E-state index < -0.39 is 30.4 Å². The van der Waals surface area contributed by atoms with Crippen LogP contribution in [0.3, 0.4) is 0 Å². The van der Waals surface area contributed by atoms with Crippen molar-refractivity contribution >= 4 is 11.9 Å². The zero-order chi connectivity index (χ0) is 17.6. The number of nitrogens with one attached hydrogen (secondary N) is 1. The van der Waals surface area contributed by atoms with Crippen molar-refractivity contribution in [2.45, 2.75) is 18.5 Å². The maximum absolute atomic E-state index is 13.9. The third kappa shape index (κ3) is 4.20. The minimum Gasteiger partial charge on any atom is -0.459 e. The summed E-state index contributed by atoms with van der Waals surface area (Å²) in [6.45, 7) is -0.256. The van der Waals surface area contributed by atoms with E-state index in [2.05, 4.69) is 5.48 Å². The first-order valence-electron chi connectivity index (χ1n) is 7.68. The van der Waals surface area contributed by atoms with Gasteiger partial charge in [0.1, 0.15) is 6.61 Å². The second-order valence-corrected chi connectivity index (χ2v) is 5.38. The van der Waals surface area contributed by atoms with Gasteiger partial charge in [0, 0.05) is 0 Å². The molecule has 3 rings (SSSR count). The summed E-state index contributed by atoms with van der Waals surface area (Å²) in [4.78, 5) is 29.0. The molecule has 0 radical (unpaired) electrons. The lowest BCUT2D eigenvalue weighted by Gasteiger charge is -2.18. The fourth-order valence-electron chi connectivity index (χ4n) is 2.32. The molecule has 0 spiro atoms. The van der Waals surface area contributed by atoms with Gasteiger partial charge in [-0.2, -0.15) is 5.48 Å². The summed E-state index contributed by atoms with van der Waals surface area (Å²) in [5.41, 5.74) is 2.76. The molecule has 130 valence electrons. The van der Waals surface area contributed by atoms with E-state index in [9.17, 15) is 14.0 Å². The van der Waals surface area contributed by atoms with Crippen molar-refractivity contribution < 1.29 is 28.3 Å². The molecule has 7 heteroatoms. The summed E-state index contributed by atoms with van der Waals surface area (Å²) in [7, 11) is 0. The Labute approximate surface area is 143 Å². The van der Waals surface area contributed by atoms with Crippen LogP contribution in [0.4, 0.5) is 4.39 Å². The molecule has 6 nitrogen and oxygen atoms in total. The molecule has 25 heavy (non-hydrogen) atoms. The first kappa shape index (κ1) is 17.1. The number of alkyl halides is 1. The topological polar surface area (TPSA) is 73.9 Å². The van der Waals surface area contributed by atoms with Crippen molar-refractivity contribution in [3.8, 4) is 0 Å². The van der Waals surface area contributed by atoms with E-state index in [-0.39, 0.29) is 6.61 Å². The minimum atomic E-state index is -1.71. The number of halogens is 1. The van der Waals surface area contributed by atoms with Crippen LogP contribution in [0, 0.1) is 0 Å². The maximum Gasteiger partial charge on any atom is 0.338 e. The molecule has 0 bridgehead atoms. The summed E-state index contributed by atoms with van der Waals surface area (Å²) < 4.78 is 24.2. The van der Waals surface area contributed by atoms with Gasteiger partial charge in [0.25, 0.3) is 0 Å². The fraction of sp³-hybridized carbons (Fsp3) is 0.222. The van der Waals surface area contributed by atoms with Gasteiger partial charge in [-0.15, -0.1) is 0 Å². The van der Waals surface area contributed by atoms with Gasteiger partial charge >= 0.3 is 11.9 Å². The Morgan fingerprint density at radius 2 is 1.52 bits per heavy atom. The second kappa shape index (κ2) is 7.87. The second-order valence-electron chi connectivity index (χ2n) is 5.38. The number of hydrogen-bond donors (Lipinski definition) is 1. The lowest BCUT2D eigenvalue weighted by molar-refractivity contribution is -0.0475. The van der Waals surface area contributed by atoms with Crippen LogP contribution >= 0.6 is 0 Å². The average molecular weight is 345 g/mol. The summed E-state index contributed by atoms with van der Waals surface area (Å²) in [5.74, 6) is -1.25. The predicted molar refractivity (Wildman–Crippen MR) is 85.3 cm³/mol. The molecule has 0 aliphatic carbocycles. The lowest BCUT2D eigenvalue weighted by atomic mass is 10.2. The molecule has 2 aromatic rings. The van der Waals surface area contributed by atoms with Crippen LogP contribution < -0.4 is 5.48 Å². The largest absolute Gasteiger partial charge is 0.459 e. The highest BCUT2D eigenvalue weighted by Crippen LogP contribution is 2.19. The number of hydroxylamine groups is 1. The third-order valence-corrected chi connectivity index (χ3v) is 3.63. The van der Waals surface area contributed by atoms with Crippen LogP contribution in [0.15, 0.2) is 60.7 Å². The Kier molecular flexibility index (Phi) is 5.37.